The van der Waals surface area contributed by atoms with Gasteiger partial charge < -0.3 is 4.74 Å². The minimum Gasteiger partial charge on any atom is -0.451 e. The molecule has 1 N–H and O–H groups in total. The molecule has 0 atom stereocenters. The predicted molar refractivity (Wildman–Crippen MR) is 53.0 cm³/mol. The number of hydrogen-bond donors (Lipinski definition) is 1. The third-order valence-corrected chi connectivity index (χ3v) is 1.97. The van der Waals surface area contributed by atoms with E-state index in [1.165, 1.54) is 0 Å². The van der Waals surface area contributed by atoms with Crippen LogP contribution in [0, 0.1) is 6.92 Å². The molecule has 0 radical (unpaired) electrons. The second-order valence-electron chi connectivity index (χ2n) is 3.24. The Balaban J connectivity index is 2.16. The summed E-state index contributed by atoms with van der Waals surface area (Å²) in [6, 6.07) is 7.22. The first-order valence-electron chi connectivity index (χ1n) is 4.47. The molecule has 1 heterocycles. The summed E-state index contributed by atoms with van der Waals surface area (Å²) in [5.74, 6) is -0.372. The molecule has 1 aliphatic rings. The van der Waals surface area contributed by atoms with Crippen LogP contribution in [-0.2, 0) is 9.59 Å². The fourth-order valence-electron chi connectivity index (χ4n) is 1.20. The lowest BCUT2D eigenvalue weighted by atomic mass is 10.2. The van der Waals surface area contributed by atoms with Crippen LogP contribution in [0.2, 0.25) is 0 Å². The zero-order chi connectivity index (χ0) is 10.8. The van der Waals surface area contributed by atoms with Crippen molar-refractivity contribution in [3.8, 4) is 5.75 Å². The highest BCUT2D eigenvalue weighted by Gasteiger charge is 2.22. The number of carbonyl (C=O) groups excluding carboxylic acids is 2. The summed E-state index contributed by atoms with van der Waals surface area (Å²) >= 11 is 0. The fourth-order valence-corrected chi connectivity index (χ4v) is 1.20. The van der Waals surface area contributed by atoms with Gasteiger partial charge >= 0.3 is 0 Å². The Morgan fingerprint density at radius 3 is 2.33 bits per heavy atom. The monoisotopic (exact) mass is 203 g/mol. The van der Waals surface area contributed by atoms with Gasteiger partial charge in [-0.2, -0.15) is 0 Å². The molecule has 76 valence electrons. The minimum absolute atomic E-state index is 0.0313. The van der Waals surface area contributed by atoms with Gasteiger partial charge in [0.15, 0.2) is 5.76 Å². The predicted octanol–water partition coefficient (Wildman–Crippen LogP) is 0.914. The molecule has 2 rings (SSSR count). The number of rotatable bonds is 2. The number of nitrogens with one attached hydrogen (secondary N) is 1. The topological polar surface area (TPSA) is 55.4 Å². The highest BCUT2D eigenvalue weighted by Crippen LogP contribution is 2.16. The van der Waals surface area contributed by atoms with Gasteiger partial charge in [-0.05, 0) is 19.1 Å². The average Bonchev–Trinajstić information content (AvgIpc) is 2.49. The SMILES string of the molecule is Cc1ccc(OC2=CC(=O)NC2=O)cc1. The van der Waals surface area contributed by atoms with E-state index in [2.05, 4.69) is 5.32 Å². The maximum atomic E-state index is 11.1. The van der Waals surface area contributed by atoms with E-state index >= 15 is 0 Å². The third kappa shape index (κ3) is 2.04. The van der Waals surface area contributed by atoms with Crippen molar-refractivity contribution in [2.24, 2.45) is 0 Å². The molecule has 15 heavy (non-hydrogen) atoms. The normalized spacial score (nSPS) is 14.9. The number of hydrogen-bond acceptors (Lipinski definition) is 3. The second kappa shape index (κ2) is 3.57. The second-order valence-corrected chi connectivity index (χ2v) is 3.24. The molecule has 0 bridgehead atoms. The van der Waals surface area contributed by atoms with E-state index in [9.17, 15) is 9.59 Å². The first kappa shape index (κ1) is 9.45. The number of amides is 2. The number of ether oxygens (including phenoxy) is 1. The molecule has 0 saturated carbocycles. The van der Waals surface area contributed by atoms with Gasteiger partial charge in [-0.25, -0.2) is 0 Å². The van der Waals surface area contributed by atoms with E-state index in [0.29, 0.717) is 5.75 Å². The van der Waals surface area contributed by atoms with Gasteiger partial charge in [0, 0.05) is 0 Å². The molecule has 0 aromatic heterocycles. The van der Waals surface area contributed by atoms with Crippen LogP contribution >= 0.6 is 0 Å². The maximum absolute atomic E-state index is 11.1. The zero-order valence-corrected chi connectivity index (χ0v) is 8.11. The fraction of sp³-hybridized carbons (Fsp3) is 0.0909. The van der Waals surface area contributed by atoms with Crippen LogP contribution < -0.4 is 10.1 Å². The van der Waals surface area contributed by atoms with Gasteiger partial charge in [-0.3, -0.25) is 14.9 Å². The van der Waals surface area contributed by atoms with Crippen LogP contribution in [0.5, 0.6) is 5.75 Å². The van der Waals surface area contributed by atoms with E-state index in [4.69, 9.17) is 4.74 Å². The van der Waals surface area contributed by atoms with E-state index in [1.54, 1.807) is 12.1 Å². The van der Waals surface area contributed by atoms with Crippen LogP contribution in [0.3, 0.4) is 0 Å². The van der Waals surface area contributed by atoms with E-state index in [-0.39, 0.29) is 5.76 Å². The van der Waals surface area contributed by atoms with Gasteiger partial charge in [-0.15, -0.1) is 0 Å². The van der Waals surface area contributed by atoms with Crippen LogP contribution in [-0.4, -0.2) is 11.8 Å². The van der Waals surface area contributed by atoms with Gasteiger partial charge in [0.1, 0.15) is 5.75 Å². The van der Waals surface area contributed by atoms with Gasteiger partial charge in [0.05, 0.1) is 6.08 Å². The average molecular weight is 203 g/mol. The van der Waals surface area contributed by atoms with E-state index in [1.807, 2.05) is 19.1 Å². The number of carbonyl (C=O) groups is 2. The van der Waals surface area contributed by atoms with Crippen molar-refractivity contribution in [3.05, 3.63) is 41.7 Å². The Morgan fingerprint density at radius 1 is 1.13 bits per heavy atom. The van der Waals surface area contributed by atoms with Crippen molar-refractivity contribution in [2.75, 3.05) is 0 Å². The van der Waals surface area contributed by atoms with Crippen LogP contribution in [0.25, 0.3) is 0 Å². The Labute approximate surface area is 86.5 Å². The molecular weight excluding hydrogens is 194 g/mol. The summed E-state index contributed by atoms with van der Waals surface area (Å²) in [5.41, 5.74) is 1.10. The third-order valence-electron chi connectivity index (χ3n) is 1.97. The van der Waals surface area contributed by atoms with Crippen molar-refractivity contribution in [2.45, 2.75) is 6.92 Å². The maximum Gasteiger partial charge on any atom is 0.294 e. The smallest absolute Gasteiger partial charge is 0.294 e. The molecule has 4 nitrogen and oxygen atoms in total. The highest BCUT2D eigenvalue weighted by molar-refractivity contribution is 6.15. The molecule has 0 fully saturated rings. The molecule has 0 unspecified atom stereocenters. The lowest BCUT2D eigenvalue weighted by Gasteiger charge is -2.04. The van der Waals surface area contributed by atoms with E-state index in [0.717, 1.165) is 11.6 Å². The highest BCUT2D eigenvalue weighted by atomic mass is 16.5. The molecule has 4 heteroatoms. The van der Waals surface area contributed by atoms with Gasteiger partial charge in [0.2, 0.25) is 0 Å². The minimum atomic E-state index is -0.499. The summed E-state index contributed by atoms with van der Waals surface area (Å²) in [7, 11) is 0. The van der Waals surface area contributed by atoms with Crippen LogP contribution in [0.4, 0.5) is 0 Å². The lowest BCUT2D eigenvalue weighted by molar-refractivity contribution is -0.124. The van der Waals surface area contributed by atoms with Crippen LogP contribution in [0.15, 0.2) is 36.1 Å². The molecule has 1 aliphatic heterocycles. The summed E-state index contributed by atoms with van der Waals surface area (Å²) in [6.45, 7) is 1.95. The first-order valence-corrected chi connectivity index (χ1v) is 4.47. The molecule has 2 amide bonds. The quantitative estimate of drug-likeness (QED) is 0.727. The molecule has 1 aromatic rings. The van der Waals surface area contributed by atoms with Crippen molar-refractivity contribution >= 4 is 11.8 Å². The standard InChI is InChI=1S/C11H9NO3/c1-7-2-4-8(5-3-7)15-9-6-10(13)12-11(9)14/h2-6H,1H3,(H,12,13,14). The molecule has 0 aliphatic carbocycles. The van der Waals surface area contributed by atoms with Gasteiger partial charge in [0.25, 0.3) is 11.8 Å². The summed E-state index contributed by atoms with van der Waals surface area (Å²) in [6.07, 6.45) is 1.14. The van der Waals surface area contributed by atoms with Crippen molar-refractivity contribution in [3.63, 3.8) is 0 Å². The first-order chi connectivity index (χ1) is 7.15. The van der Waals surface area contributed by atoms with Crippen molar-refractivity contribution in [1.29, 1.82) is 0 Å². The van der Waals surface area contributed by atoms with E-state index < -0.39 is 11.8 Å². The lowest BCUT2D eigenvalue weighted by Crippen LogP contribution is -2.23. The Kier molecular flexibility index (Phi) is 2.25. The Hall–Kier alpha value is -2.10. The number of benzene rings is 1. The summed E-state index contributed by atoms with van der Waals surface area (Å²) in [4.78, 5) is 22.0. The summed E-state index contributed by atoms with van der Waals surface area (Å²) < 4.78 is 5.24. The number of aryl methyl sites for hydroxylation is 1. The molecule has 0 saturated heterocycles. The largest absolute Gasteiger partial charge is 0.451 e. The van der Waals surface area contributed by atoms with Crippen molar-refractivity contribution in [1.82, 2.24) is 5.32 Å². The Bertz CT molecular complexity index is 445. The van der Waals surface area contributed by atoms with Crippen LogP contribution in [0.1, 0.15) is 5.56 Å². The summed E-state index contributed by atoms with van der Waals surface area (Å²) in [5, 5.41) is 2.10. The Morgan fingerprint density at radius 2 is 1.80 bits per heavy atom. The molecule has 1 aromatic carbocycles. The molecule has 0 spiro atoms. The zero-order valence-electron chi connectivity index (χ0n) is 8.11. The number of imide groups is 1. The van der Waals surface area contributed by atoms with Gasteiger partial charge in [-0.1, -0.05) is 17.7 Å². The molecular formula is C11H9NO3. The van der Waals surface area contributed by atoms with Crippen molar-refractivity contribution < 1.29 is 14.3 Å².